The molecule has 2 bridgehead atoms. The number of carbonyl (C=O) groups excluding carboxylic acids is 1. The number of nitrogens with zero attached hydrogens (tertiary/aromatic N) is 3. The molecule has 2 aliphatic carbocycles. The lowest BCUT2D eigenvalue weighted by Gasteiger charge is -2.47. The minimum atomic E-state index is -0.360. The predicted octanol–water partition coefficient (Wildman–Crippen LogP) is 4.92. The molecule has 37 heavy (non-hydrogen) atoms. The van der Waals surface area contributed by atoms with Crippen LogP contribution in [0.15, 0.2) is 29.4 Å². The van der Waals surface area contributed by atoms with Crippen molar-refractivity contribution in [2.24, 2.45) is 0 Å². The maximum Gasteiger partial charge on any atom is 0.410 e. The van der Waals surface area contributed by atoms with Gasteiger partial charge in [0.25, 0.3) is 5.88 Å². The van der Waals surface area contributed by atoms with Gasteiger partial charge in [0, 0.05) is 23.0 Å². The fourth-order valence-electron chi connectivity index (χ4n) is 4.85. The number of amides is 1. The van der Waals surface area contributed by atoms with E-state index in [1.807, 2.05) is 17.9 Å². The Morgan fingerprint density at radius 1 is 1.22 bits per heavy atom. The number of rotatable bonds is 8. The number of nitrogens with one attached hydrogen (secondary N) is 1. The van der Waals surface area contributed by atoms with Crippen molar-refractivity contribution in [1.82, 2.24) is 14.9 Å². The number of ether oxygens (including phenoxy) is 4. The van der Waals surface area contributed by atoms with Crippen LogP contribution in [0.2, 0.25) is 0 Å². The van der Waals surface area contributed by atoms with Crippen LogP contribution in [0.3, 0.4) is 0 Å². The Kier molecular flexibility index (Phi) is 6.52. The number of thioether (sulfide) groups is 1. The molecular weight excluding hydrogens is 499 g/mol. The smallest absolute Gasteiger partial charge is 0.410 e. The van der Waals surface area contributed by atoms with Gasteiger partial charge in [0.2, 0.25) is 5.75 Å². The zero-order valence-corrected chi connectivity index (χ0v) is 21.8. The molecule has 0 spiro atoms. The maximum atomic E-state index is 14.8. The van der Waals surface area contributed by atoms with Crippen LogP contribution in [0.25, 0.3) is 0 Å². The highest BCUT2D eigenvalue weighted by molar-refractivity contribution is 8.00. The fourth-order valence-corrected chi connectivity index (χ4v) is 5.92. The number of hydrogen-bond acceptors (Lipinski definition) is 9. The number of fused-ring (bicyclic) bond motifs is 2. The van der Waals surface area contributed by atoms with Crippen LogP contribution >= 0.6 is 11.8 Å². The lowest BCUT2D eigenvalue weighted by Crippen LogP contribution is -2.61. The van der Waals surface area contributed by atoms with Gasteiger partial charge >= 0.3 is 6.09 Å². The van der Waals surface area contributed by atoms with Crippen LogP contribution in [0.5, 0.6) is 11.6 Å². The van der Waals surface area contributed by atoms with Gasteiger partial charge in [0.05, 0.1) is 38.1 Å². The van der Waals surface area contributed by atoms with E-state index < -0.39 is 0 Å². The molecule has 2 saturated heterocycles. The van der Waals surface area contributed by atoms with E-state index in [0.29, 0.717) is 48.6 Å². The summed E-state index contributed by atoms with van der Waals surface area (Å²) in [5.74, 6) is 0.521. The monoisotopic (exact) mass is 530 g/mol. The van der Waals surface area contributed by atoms with Gasteiger partial charge < -0.3 is 24.3 Å². The van der Waals surface area contributed by atoms with Gasteiger partial charge in [0.15, 0.2) is 5.82 Å². The SMILES string of the molecule is COc1c(Nc2ccc(SC3CC3)cc2F)ncnc1OC1CC2COCC(C1)N2C(=O)OC1(C)CC1. The van der Waals surface area contributed by atoms with Crippen LogP contribution in [-0.4, -0.2) is 70.3 Å². The molecule has 2 unspecified atom stereocenters. The number of halogens is 1. The molecule has 3 heterocycles. The zero-order chi connectivity index (χ0) is 25.6. The third-order valence-corrected chi connectivity index (χ3v) is 8.58. The third kappa shape index (κ3) is 5.43. The van der Waals surface area contributed by atoms with E-state index in [1.54, 1.807) is 23.9 Å². The zero-order valence-electron chi connectivity index (χ0n) is 20.9. The number of hydrogen-bond donors (Lipinski definition) is 1. The molecule has 1 aromatic heterocycles. The molecule has 1 aromatic carbocycles. The maximum absolute atomic E-state index is 14.8. The van der Waals surface area contributed by atoms with E-state index in [-0.39, 0.29) is 41.6 Å². The van der Waals surface area contributed by atoms with Gasteiger partial charge in [-0.05, 0) is 50.8 Å². The summed E-state index contributed by atoms with van der Waals surface area (Å²) in [6, 6.07) is 4.88. The molecule has 1 N–H and O–H groups in total. The number of piperidine rings is 1. The minimum Gasteiger partial charge on any atom is -0.489 e. The summed E-state index contributed by atoms with van der Waals surface area (Å²) in [5, 5.41) is 3.63. The molecule has 4 aliphatic rings. The van der Waals surface area contributed by atoms with E-state index in [0.717, 1.165) is 17.7 Å². The van der Waals surface area contributed by atoms with Crippen LogP contribution < -0.4 is 14.8 Å². The van der Waals surface area contributed by atoms with Crippen molar-refractivity contribution in [3.8, 4) is 11.6 Å². The highest BCUT2D eigenvalue weighted by Gasteiger charge is 2.48. The molecule has 198 valence electrons. The van der Waals surface area contributed by atoms with Crippen molar-refractivity contribution in [3.63, 3.8) is 0 Å². The summed E-state index contributed by atoms with van der Waals surface area (Å²) < 4.78 is 38.1. The van der Waals surface area contributed by atoms with Crippen LogP contribution in [-0.2, 0) is 9.47 Å². The summed E-state index contributed by atoms with van der Waals surface area (Å²) in [6.07, 6.45) is 6.22. The summed E-state index contributed by atoms with van der Waals surface area (Å²) in [4.78, 5) is 24.2. The van der Waals surface area contributed by atoms with Crippen LogP contribution in [0, 0.1) is 5.82 Å². The van der Waals surface area contributed by atoms with E-state index in [9.17, 15) is 9.18 Å². The molecule has 1 amide bonds. The predicted molar refractivity (Wildman–Crippen MR) is 135 cm³/mol. The van der Waals surface area contributed by atoms with E-state index >= 15 is 0 Å². The summed E-state index contributed by atoms with van der Waals surface area (Å²) >= 11 is 1.70. The van der Waals surface area contributed by atoms with Crippen molar-refractivity contribution in [2.75, 3.05) is 25.6 Å². The minimum absolute atomic E-state index is 0.140. The second-order valence-electron chi connectivity index (χ2n) is 10.4. The quantitative estimate of drug-likeness (QED) is 0.510. The van der Waals surface area contributed by atoms with E-state index in [1.165, 1.54) is 26.3 Å². The van der Waals surface area contributed by atoms with Crippen LogP contribution in [0.4, 0.5) is 20.7 Å². The Morgan fingerprint density at radius 2 is 1.97 bits per heavy atom. The Balaban J connectivity index is 1.15. The van der Waals surface area contributed by atoms with Gasteiger partial charge in [-0.2, -0.15) is 4.98 Å². The molecule has 11 heteroatoms. The molecule has 4 fully saturated rings. The van der Waals surface area contributed by atoms with Crippen molar-refractivity contribution in [3.05, 3.63) is 30.3 Å². The Labute approximate surface area is 219 Å². The lowest BCUT2D eigenvalue weighted by atomic mass is 9.92. The summed E-state index contributed by atoms with van der Waals surface area (Å²) in [5.41, 5.74) is -0.0290. The number of carbonyl (C=O) groups is 1. The number of morpholine rings is 1. The Morgan fingerprint density at radius 3 is 2.62 bits per heavy atom. The van der Waals surface area contributed by atoms with Gasteiger partial charge in [-0.3, -0.25) is 4.90 Å². The first-order valence-corrected chi connectivity index (χ1v) is 13.7. The Bertz CT molecular complexity index is 1160. The first kappa shape index (κ1) is 24.5. The fraction of sp³-hybridized carbons (Fsp3) is 0.577. The second kappa shape index (κ2) is 9.83. The standard InChI is InChI=1S/C26H31FN4O5S/c1-26(7-8-26)36-25(32)31-15-9-17(10-16(31)13-34-12-15)35-24-22(33-2)23(28-14-29-24)30-21-6-5-19(11-20(21)27)37-18-3-4-18/h5-6,11,14-18H,3-4,7-10,12-13H2,1-2H3,(H,28,29,30). The number of anilines is 2. The first-order chi connectivity index (χ1) is 17.9. The summed E-state index contributed by atoms with van der Waals surface area (Å²) in [7, 11) is 1.50. The molecule has 6 rings (SSSR count). The van der Waals surface area contributed by atoms with Crippen LogP contribution in [0.1, 0.15) is 45.4 Å². The normalized spacial score (nSPS) is 25.8. The number of methoxy groups -OCH3 is 1. The lowest BCUT2D eigenvalue weighted by molar-refractivity contribution is -0.0957. The molecule has 2 aliphatic heterocycles. The van der Waals surface area contributed by atoms with Crippen molar-refractivity contribution < 1.29 is 28.1 Å². The van der Waals surface area contributed by atoms with Gasteiger partial charge in [0.1, 0.15) is 23.8 Å². The molecule has 2 aromatic rings. The van der Waals surface area contributed by atoms with Gasteiger partial charge in [-0.15, -0.1) is 11.8 Å². The first-order valence-electron chi connectivity index (χ1n) is 12.8. The highest BCUT2D eigenvalue weighted by atomic mass is 32.2. The topological polar surface area (TPSA) is 95.0 Å². The molecule has 2 atom stereocenters. The molecule has 2 saturated carbocycles. The van der Waals surface area contributed by atoms with E-state index in [4.69, 9.17) is 18.9 Å². The largest absolute Gasteiger partial charge is 0.489 e. The summed E-state index contributed by atoms with van der Waals surface area (Å²) in [6.45, 7) is 2.84. The molecular formula is C26H31FN4O5S. The third-order valence-electron chi connectivity index (χ3n) is 7.25. The molecule has 0 radical (unpaired) electrons. The molecule has 9 nitrogen and oxygen atoms in total. The van der Waals surface area contributed by atoms with Gasteiger partial charge in [-0.1, -0.05) is 0 Å². The average molecular weight is 531 g/mol. The Hall–Kier alpha value is -2.79. The van der Waals surface area contributed by atoms with Gasteiger partial charge in [-0.25, -0.2) is 14.2 Å². The highest BCUT2D eigenvalue weighted by Crippen LogP contribution is 2.42. The van der Waals surface area contributed by atoms with Crippen molar-refractivity contribution in [1.29, 1.82) is 0 Å². The number of benzene rings is 1. The van der Waals surface area contributed by atoms with Crippen molar-refractivity contribution in [2.45, 2.75) is 79.4 Å². The number of aromatic nitrogens is 2. The van der Waals surface area contributed by atoms with Crippen molar-refractivity contribution >= 4 is 29.4 Å². The average Bonchev–Trinajstić information content (AvgIpc) is 3.79. The van der Waals surface area contributed by atoms with E-state index in [2.05, 4.69) is 15.3 Å². The second-order valence-corrected chi connectivity index (χ2v) is 11.8.